The number of hydrogen-bond donors (Lipinski definition) is 1. The molecule has 0 aliphatic heterocycles. The number of ether oxygens (including phenoxy) is 1. The normalized spacial score (nSPS) is 12.8. The molecule has 0 rings (SSSR count). The number of hydrogen-bond acceptors (Lipinski definition) is 2. The molecule has 0 aromatic carbocycles. The van der Waals surface area contributed by atoms with Gasteiger partial charge >= 0.3 is 0 Å². The van der Waals surface area contributed by atoms with Crippen LogP contribution in [0, 0.1) is 0 Å². The summed E-state index contributed by atoms with van der Waals surface area (Å²) in [4.78, 5) is 0. The summed E-state index contributed by atoms with van der Waals surface area (Å²) in [6.45, 7) is 6.77. The van der Waals surface area contributed by atoms with Crippen molar-refractivity contribution in [2.75, 3.05) is 13.2 Å². The average molecular weight is 144 g/mol. The monoisotopic (exact) mass is 144 g/mol. The van der Waals surface area contributed by atoms with Crippen LogP contribution in [0.2, 0.25) is 0 Å². The predicted octanol–water partition coefficient (Wildman–Crippen LogP) is 1.35. The van der Waals surface area contributed by atoms with Gasteiger partial charge in [0.2, 0.25) is 0 Å². The van der Waals surface area contributed by atoms with E-state index >= 15 is 0 Å². The average Bonchev–Trinajstić information content (AvgIpc) is 1.79. The highest BCUT2D eigenvalue weighted by Gasteiger charge is 1.91. The van der Waals surface area contributed by atoms with Gasteiger partial charge in [-0.3, -0.25) is 0 Å². The fraction of sp³-hybridized carbons (Fsp3) is 0.750. The van der Waals surface area contributed by atoms with Crippen LogP contribution >= 0.6 is 0 Å². The fourth-order valence-electron chi connectivity index (χ4n) is 0.464. The third kappa shape index (κ3) is 7.66. The molecular weight excluding hydrogens is 128 g/mol. The van der Waals surface area contributed by atoms with E-state index in [0.29, 0.717) is 13.2 Å². The van der Waals surface area contributed by atoms with Gasteiger partial charge in [-0.05, 0) is 20.8 Å². The summed E-state index contributed by atoms with van der Waals surface area (Å²) in [5.74, 6) is 0. The van der Waals surface area contributed by atoms with Crippen LogP contribution in [0.3, 0.4) is 0 Å². The van der Waals surface area contributed by atoms with Crippen LogP contribution in [0.25, 0.3) is 0 Å². The molecule has 2 heteroatoms. The first kappa shape index (κ1) is 9.66. The molecule has 2 nitrogen and oxygen atoms in total. The standard InChI is InChI=1S/C8H16O2/c1-7(2)4-5-10-6-8(3)9/h4,8-9H,5-6H2,1-3H3. The zero-order chi connectivity index (χ0) is 7.98. The second-order valence-electron chi connectivity index (χ2n) is 2.67. The molecule has 10 heavy (non-hydrogen) atoms. The summed E-state index contributed by atoms with van der Waals surface area (Å²) in [6, 6.07) is 0. The predicted molar refractivity (Wildman–Crippen MR) is 41.9 cm³/mol. The lowest BCUT2D eigenvalue weighted by molar-refractivity contribution is 0.0597. The Morgan fingerprint density at radius 3 is 2.60 bits per heavy atom. The molecule has 1 unspecified atom stereocenters. The lowest BCUT2D eigenvalue weighted by Gasteiger charge is -2.02. The molecule has 0 saturated heterocycles. The van der Waals surface area contributed by atoms with Crippen molar-refractivity contribution in [2.24, 2.45) is 0 Å². The molecule has 0 aromatic heterocycles. The maximum atomic E-state index is 8.77. The van der Waals surface area contributed by atoms with E-state index in [-0.39, 0.29) is 6.10 Å². The highest BCUT2D eigenvalue weighted by atomic mass is 16.5. The summed E-state index contributed by atoms with van der Waals surface area (Å²) in [5.41, 5.74) is 1.24. The second kappa shape index (κ2) is 5.45. The van der Waals surface area contributed by atoms with Gasteiger partial charge in [-0.1, -0.05) is 11.6 Å². The SMILES string of the molecule is CC(C)=CCOCC(C)O. The van der Waals surface area contributed by atoms with Crippen molar-refractivity contribution < 1.29 is 9.84 Å². The van der Waals surface area contributed by atoms with Crippen molar-refractivity contribution in [3.8, 4) is 0 Å². The Labute approximate surface area is 62.5 Å². The molecule has 0 saturated carbocycles. The minimum absolute atomic E-state index is 0.356. The zero-order valence-electron chi connectivity index (χ0n) is 6.92. The highest BCUT2D eigenvalue weighted by Crippen LogP contribution is 1.89. The van der Waals surface area contributed by atoms with Gasteiger partial charge < -0.3 is 9.84 Å². The zero-order valence-corrected chi connectivity index (χ0v) is 6.92. The van der Waals surface area contributed by atoms with Gasteiger partial charge in [-0.2, -0.15) is 0 Å². The van der Waals surface area contributed by atoms with E-state index in [1.165, 1.54) is 5.57 Å². The van der Waals surface area contributed by atoms with E-state index in [4.69, 9.17) is 9.84 Å². The van der Waals surface area contributed by atoms with E-state index in [0.717, 1.165) is 0 Å². The number of aliphatic hydroxyl groups excluding tert-OH is 1. The van der Waals surface area contributed by atoms with Gasteiger partial charge in [0, 0.05) is 0 Å². The van der Waals surface area contributed by atoms with Crippen LogP contribution in [-0.2, 0) is 4.74 Å². The molecule has 0 aliphatic rings. The molecule has 0 aromatic rings. The Kier molecular flexibility index (Phi) is 5.26. The van der Waals surface area contributed by atoms with Gasteiger partial charge in [-0.25, -0.2) is 0 Å². The van der Waals surface area contributed by atoms with E-state index in [1.54, 1.807) is 6.92 Å². The summed E-state index contributed by atoms with van der Waals surface area (Å²) in [7, 11) is 0. The van der Waals surface area contributed by atoms with E-state index in [9.17, 15) is 0 Å². The Morgan fingerprint density at radius 1 is 1.60 bits per heavy atom. The first-order valence-corrected chi connectivity index (χ1v) is 3.52. The third-order valence-electron chi connectivity index (χ3n) is 0.968. The number of rotatable bonds is 4. The fourth-order valence-corrected chi connectivity index (χ4v) is 0.464. The van der Waals surface area contributed by atoms with Crippen LogP contribution in [-0.4, -0.2) is 24.4 Å². The van der Waals surface area contributed by atoms with Crippen LogP contribution in [0.5, 0.6) is 0 Å². The van der Waals surface area contributed by atoms with Gasteiger partial charge in [0.05, 0.1) is 19.3 Å². The summed E-state index contributed by atoms with van der Waals surface area (Å²) in [6.07, 6.45) is 1.63. The van der Waals surface area contributed by atoms with E-state index < -0.39 is 0 Å². The molecular formula is C8H16O2. The lowest BCUT2D eigenvalue weighted by atomic mass is 10.3. The minimum atomic E-state index is -0.356. The molecule has 0 heterocycles. The summed E-state index contributed by atoms with van der Waals surface area (Å²) >= 11 is 0. The van der Waals surface area contributed by atoms with Crippen LogP contribution in [0.15, 0.2) is 11.6 Å². The van der Waals surface area contributed by atoms with Crippen molar-refractivity contribution in [1.29, 1.82) is 0 Å². The Bertz CT molecular complexity index is 102. The van der Waals surface area contributed by atoms with Gasteiger partial charge in [-0.15, -0.1) is 0 Å². The van der Waals surface area contributed by atoms with Gasteiger partial charge in [0.15, 0.2) is 0 Å². The van der Waals surface area contributed by atoms with Crippen molar-refractivity contribution in [3.63, 3.8) is 0 Å². The topological polar surface area (TPSA) is 29.5 Å². The molecule has 0 bridgehead atoms. The second-order valence-corrected chi connectivity index (χ2v) is 2.67. The molecule has 60 valence electrons. The molecule has 0 aliphatic carbocycles. The van der Waals surface area contributed by atoms with E-state index in [2.05, 4.69) is 0 Å². The van der Waals surface area contributed by atoms with Crippen molar-refractivity contribution in [3.05, 3.63) is 11.6 Å². The van der Waals surface area contributed by atoms with Crippen LogP contribution in [0.1, 0.15) is 20.8 Å². The molecule has 1 atom stereocenters. The smallest absolute Gasteiger partial charge is 0.0745 e. The molecule has 0 spiro atoms. The first-order chi connectivity index (χ1) is 4.63. The molecule has 0 radical (unpaired) electrons. The van der Waals surface area contributed by atoms with E-state index in [1.807, 2.05) is 19.9 Å². The largest absolute Gasteiger partial charge is 0.391 e. The maximum Gasteiger partial charge on any atom is 0.0745 e. The lowest BCUT2D eigenvalue weighted by Crippen LogP contribution is -2.10. The Hall–Kier alpha value is -0.340. The number of aliphatic hydroxyl groups is 1. The molecule has 0 amide bonds. The van der Waals surface area contributed by atoms with Gasteiger partial charge in [0.25, 0.3) is 0 Å². The maximum absolute atomic E-state index is 8.77. The van der Waals surface area contributed by atoms with Gasteiger partial charge in [0.1, 0.15) is 0 Å². The quantitative estimate of drug-likeness (QED) is 0.476. The molecule has 1 N–H and O–H groups in total. The summed E-state index contributed by atoms with van der Waals surface area (Å²) in [5, 5.41) is 8.77. The third-order valence-corrected chi connectivity index (χ3v) is 0.968. The molecule has 0 fully saturated rings. The van der Waals surface area contributed by atoms with Crippen LogP contribution in [0.4, 0.5) is 0 Å². The van der Waals surface area contributed by atoms with Crippen molar-refractivity contribution in [1.82, 2.24) is 0 Å². The van der Waals surface area contributed by atoms with Crippen molar-refractivity contribution >= 4 is 0 Å². The van der Waals surface area contributed by atoms with Crippen molar-refractivity contribution in [2.45, 2.75) is 26.9 Å². The Morgan fingerprint density at radius 2 is 2.20 bits per heavy atom. The first-order valence-electron chi connectivity index (χ1n) is 3.52. The number of allylic oxidation sites excluding steroid dienone is 1. The van der Waals surface area contributed by atoms with Crippen LogP contribution < -0.4 is 0 Å². The summed E-state index contributed by atoms with van der Waals surface area (Å²) < 4.78 is 5.08. The Balaban J connectivity index is 3.13. The highest BCUT2D eigenvalue weighted by molar-refractivity contribution is 4.92. The minimum Gasteiger partial charge on any atom is -0.391 e.